The fourth-order valence-electron chi connectivity index (χ4n) is 2.54. The summed E-state index contributed by atoms with van der Waals surface area (Å²) in [5, 5.41) is 32.9. The molecule has 3 rings (SSSR count). The minimum atomic E-state index is -1.57. The predicted octanol–water partition coefficient (Wildman–Crippen LogP) is -0.828. The first-order chi connectivity index (χ1) is 9.62. The molecule has 3 unspecified atom stereocenters. The molecule has 3 atom stereocenters. The van der Waals surface area contributed by atoms with E-state index in [2.05, 4.69) is 10.1 Å². The highest BCUT2D eigenvalue weighted by Gasteiger charge is 2.51. The van der Waals surface area contributed by atoms with Crippen LogP contribution >= 0.6 is 0 Å². The molecule has 0 bridgehead atoms. The lowest BCUT2D eigenvalue weighted by Gasteiger charge is -2.24. The van der Waals surface area contributed by atoms with Crippen molar-refractivity contribution in [2.24, 2.45) is 0 Å². The molecule has 20 heavy (non-hydrogen) atoms. The number of anilines is 1. The molecule has 104 valence electrons. The Morgan fingerprint density at radius 3 is 3.05 bits per heavy atom. The molecule has 0 amide bonds. The summed E-state index contributed by atoms with van der Waals surface area (Å²) in [6, 6.07) is 5.28. The molecule has 0 saturated carbocycles. The molecule has 1 aliphatic rings. The largest absolute Gasteiger partial charge is 0.394 e. The normalized spacial score (nSPS) is 29.6. The molecular weight excluding hydrogens is 262 g/mol. The van der Waals surface area contributed by atoms with Crippen molar-refractivity contribution in [3.63, 3.8) is 0 Å². The summed E-state index contributed by atoms with van der Waals surface area (Å²) in [6.07, 6.45) is -0.201. The van der Waals surface area contributed by atoms with E-state index in [4.69, 9.17) is 15.6 Å². The van der Waals surface area contributed by atoms with Gasteiger partial charge in [-0.25, -0.2) is 9.50 Å². The Balaban J connectivity index is 2.18. The summed E-state index contributed by atoms with van der Waals surface area (Å²) in [4.78, 5) is 3.87. The first kappa shape index (κ1) is 12.8. The smallest absolute Gasteiger partial charge is 0.222 e. The third-order valence-corrected chi connectivity index (χ3v) is 3.54. The third-order valence-electron chi connectivity index (χ3n) is 3.54. The molecule has 1 aliphatic heterocycles. The molecule has 2 aromatic heterocycles. The van der Waals surface area contributed by atoms with Crippen molar-refractivity contribution in [2.75, 3.05) is 12.3 Å². The zero-order valence-electron chi connectivity index (χ0n) is 10.5. The van der Waals surface area contributed by atoms with E-state index in [1.165, 1.54) is 10.8 Å². The van der Waals surface area contributed by atoms with Crippen LogP contribution in [0.4, 0.5) is 5.82 Å². The number of aromatic nitrogens is 3. The van der Waals surface area contributed by atoms with Crippen LogP contribution in [-0.2, 0) is 10.3 Å². The van der Waals surface area contributed by atoms with Crippen molar-refractivity contribution < 1.29 is 14.9 Å². The molecule has 2 aromatic rings. The Morgan fingerprint density at radius 2 is 2.40 bits per heavy atom. The van der Waals surface area contributed by atoms with Gasteiger partial charge in [0.15, 0.2) is 5.82 Å². The summed E-state index contributed by atoms with van der Waals surface area (Å²) < 4.78 is 6.99. The maximum Gasteiger partial charge on any atom is 0.222 e. The maximum atomic E-state index is 10.2. The van der Waals surface area contributed by atoms with Gasteiger partial charge in [-0.15, -0.1) is 0 Å². The number of fused-ring (bicyclic) bond motifs is 1. The van der Waals surface area contributed by atoms with Crippen molar-refractivity contribution in [3.8, 4) is 6.07 Å². The van der Waals surface area contributed by atoms with Gasteiger partial charge < -0.3 is 20.7 Å². The Hall–Kier alpha value is -2.21. The van der Waals surface area contributed by atoms with Crippen LogP contribution in [0.2, 0.25) is 0 Å². The first-order valence-corrected chi connectivity index (χ1v) is 6.09. The summed E-state index contributed by atoms with van der Waals surface area (Å²) >= 11 is 0. The molecule has 0 aliphatic carbocycles. The van der Waals surface area contributed by atoms with Crippen LogP contribution in [0.15, 0.2) is 18.5 Å². The number of nitriles is 1. The van der Waals surface area contributed by atoms with Crippen LogP contribution in [0, 0.1) is 11.3 Å². The number of nitrogens with two attached hydrogens (primary N) is 1. The quantitative estimate of drug-likeness (QED) is 0.652. The molecular formula is C12H13N5O3. The van der Waals surface area contributed by atoms with E-state index in [9.17, 15) is 10.4 Å². The Labute approximate surface area is 114 Å². The van der Waals surface area contributed by atoms with Crippen molar-refractivity contribution in [1.29, 1.82) is 5.26 Å². The van der Waals surface area contributed by atoms with E-state index < -0.39 is 17.8 Å². The van der Waals surface area contributed by atoms with Crippen LogP contribution in [0.3, 0.4) is 0 Å². The number of nitrogens with zero attached hydrogens (tertiary/aromatic N) is 4. The lowest BCUT2D eigenvalue weighted by molar-refractivity contribution is -0.0630. The molecule has 0 spiro atoms. The van der Waals surface area contributed by atoms with Crippen molar-refractivity contribution >= 4 is 11.3 Å². The Bertz CT molecular complexity index is 694. The second kappa shape index (κ2) is 4.42. The molecule has 3 heterocycles. The van der Waals surface area contributed by atoms with Gasteiger partial charge in [0.1, 0.15) is 24.0 Å². The molecule has 8 nitrogen and oxygen atoms in total. The van der Waals surface area contributed by atoms with Gasteiger partial charge in [0, 0.05) is 6.42 Å². The van der Waals surface area contributed by atoms with Gasteiger partial charge >= 0.3 is 0 Å². The second-order valence-corrected chi connectivity index (χ2v) is 4.68. The highest BCUT2D eigenvalue weighted by molar-refractivity contribution is 5.66. The van der Waals surface area contributed by atoms with Crippen LogP contribution < -0.4 is 5.73 Å². The van der Waals surface area contributed by atoms with Crippen LogP contribution in [-0.4, -0.2) is 43.6 Å². The average molecular weight is 275 g/mol. The number of nitrogen functional groups attached to an aromatic ring is 1. The molecule has 1 saturated heterocycles. The predicted molar refractivity (Wildman–Crippen MR) is 67.3 cm³/mol. The second-order valence-electron chi connectivity index (χ2n) is 4.68. The number of hydrogen-bond donors (Lipinski definition) is 3. The molecule has 1 fully saturated rings. The molecule has 8 heteroatoms. The summed E-state index contributed by atoms with van der Waals surface area (Å²) in [7, 11) is 0. The van der Waals surface area contributed by atoms with Gasteiger partial charge in [-0.1, -0.05) is 0 Å². The maximum absolute atomic E-state index is 10.2. The number of aliphatic hydroxyl groups excluding tert-OH is 2. The van der Waals surface area contributed by atoms with E-state index in [0.717, 1.165) is 0 Å². The zero-order chi connectivity index (χ0) is 14.3. The van der Waals surface area contributed by atoms with Gasteiger partial charge in [-0.3, -0.25) is 0 Å². The number of hydrogen-bond acceptors (Lipinski definition) is 7. The van der Waals surface area contributed by atoms with Crippen molar-refractivity contribution in [3.05, 3.63) is 24.2 Å². The van der Waals surface area contributed by atoms with Gasteiger partial charge in [-0.05, 0) is 12.1 Å². The van der Waals surface area contributed by atoms with Crippen LogP contribution in [0.1, 0.15) is 12.1 Å². The van der Waals surface area contributed by atoms with Crippen LogP contribution in [0.25, 0.3) is 5.52 Å². The average Bonchev–Trinajstić information content (AvgIpc) is 3.01. The zero-order valence-corrected chi connectivity index (χ0v) is 10.5. The van der Waals surface area contributed by atoms with Gasteiger partial charge in [0.25, 0.3) is 0 Å². The number of rotatable bonds is 2. The Kier molecular flexibility index (Phi) is 2.83. The summed E-state index contributed by atoms with van der Waals surface area (Å²) in [5.41, 5.74) is 5.07. The standard InChI is InChI=1S/C12H13N5O3/c13-5-12(10(19)3-7(4-18)20-12)9-2-1-8-11(14)15-6-16-17(8)9/h1-2,6-7,10,18-19H,3-4H2,(H2,14,15,16). The molecule has 0 radical (unpaired) electrons. The van der Waals surface area contributed by atoms with Gasteiger partial charge in [0.05, 0.1) is 18.4 Å². The molecule has 4 N–H and O–H groups in total. The van der Waals surface area contributed by atoms with E-state index in [1.807, 2.05) is 6.07 Å². The van der Waals surface area contributed by atoms with Crippen molar-refractivity contribution in [1.82, 2.24) is 14.6 Å². The number of aliphatic hydroxyl groups is 2. The summed E-state index contributed by atoms with van der Waals surface area (Å²) in [5.74, 6) is 0.269. The monoisotopic (exact) mass is 275 g/mol. The lowest BCUT2D eigenvalue weighted by atomic mass is 9.94. The summed E-state index contributed by atoms with van der Waals surface area (Å²) in [6.45, 7) is -0.263. The minimum Gasteiger partial charge on any atom is -0.394 e. The SMILES string of the molecule is N#CC1(c2ccc3c(N)ncnn23)OC(CO)CC1O. The first-order valence-electron chi connectivity index (χ1n) is 6.09. The minimum absolute atomic E-state index is 0.178. The number of ether oxygens (including phenoxy) is 1. The van der Waals surface area contributed by atoms with E-state index in [0.29, 0.717) is 11.2 Å². The van der Waals surface area contributed by atoms with Gasteiger partial charge in [0.2, 0.25) is 5.60 Å². The Morgan fingerprint density at radius 1 is 1.60 bits per heavy atom. The highest BCUT2D eigenvalue weighted by Crippen LogP contribution is 2.39. The highest BCUT2D eigenvalue weighted by atomic mass is 16.5. The van der Waals surface area contributed by atoms with E-state index in [-0.39, 0.29) is 18.8 Å². The topological polar surface area (TPSA) is 130 Å². The fourth-order valence-corrected chi connectivity index (χ4v) is 2.54. The fraction of sp³-hybridized carbons (Fsp3) is 0.417. The lowest BCUT2D eigenvalue weighted by Crippen LogP contribution is -2.36. The van der Waals surface area contributed by atoms with E-state index >= 15 is 0 Å². The van der Waals surface area contributed by atoms with Crippen LogP contribution in [0.5, 0.6) is 0 Å². The molecule has 0 aromatic carbocycles. The van der Waals surface area contributed by atoms with E-state index in [1.54, 1.807) is 12.1 Å². The van der Waals surface area contributed by atoms with Gasteiger partial charge in [-0.2, -0.15) is 10.4 Å². The van der Waals surface area contributed by atoms with Crippen molar-refractivity contribution in [2.45, 2.75) is 24.2 Å². The third kappa shape index (κ3) is 1.58.